The van der Waals surface area contributed by atoms with Gasteiger partial charge in [0.2, 0.25) is 0 Å². The summed E-state index contributed by atoms with van der Waals surface area (Å²) in [5.74, 6) is 0.163. The number of halogens is 2. The van der Waals surface area contributed by atoms with Crippen molar-refractivity contribution in [2.45, 2.75) is 51.1 Å². The van der Waals surface area contributed by atoms with Crippen LogP contribution in [0.2, 0.25) is 0 Å². The molecule has 0 heterocycles. The summed E-state index contributed by atoms with van der Waals surface area (Å²) in [6.07, 6.45) is 0.793. The molecule has 7 N–H and O–H groups in total. The molecule has 0 aliphatic rings. The first-order valence-corrected chi connectivity index (χ1v) is 7.27. The van der Waals surface area contributed by atoms with E-state index in [1.165, 1.54) is 0 Å². The van der Waals surface area contributed by atoms with Crippen molar-refractivity contribution in [3.63, 3.8) is 0 Å². The van der Waals surface area contributed by atoms with E-state index in [0.717, 1.165) is 5.56 Å². The van der Waals surface area contributed by atoms with Gasteiger partial charge in [-0.25, -0.2) is 0 Å². The van der Waals surface area contributed by atoms with Gasteiger partial charge in [-0.3, -0.25) is 0 Å². The summed E-state index contributed by atoms with van der Waals surface area (Å²) in [5, 5.41) is 28.6. The van der Waals surface area contributed by atoms with E-state index in [1.54, 1.807) is 0 Å². The zero-order chi connectivity index (χ0) is 16.2. The number of hydrogen-bond donors (Lipinski definition) is 5. The van der Waals surface area contributed by atoms with Gasteiger partial charge < -0.3 is 26.8 Å². The normalized spacial score (nSPS) is 13.7. The summed E-state index contributed by atoms with van der Waals surface area (Å²) < 4.78 is 0. The Labute approximate surface area is 150 Å². The lowest BCUT2D eigenvalue weighted by Gasteiger charge is -2.24. The highest BCUT2D eigenvalue weighted by atomic mass is 35.5. The largest absolute Gasteiger partial charge is 0.507 e. The van der Waals surface area contributed by atoms with Crippen LogP contribution in [0, 0.1) is 0 Å². The lowest BCUT2D eigenvalue weighted by Crippen LogP contribution is -2.28. The van der Waals surface area contributed by atoms with Gasteiger partial charge in [0.1, 0.15) is 5.75 Å². The average Bonchev–Trinajstić information content (AvgIpc) is 2.41. The molecule has 1 rings (SSSR count). The highest BCUT2D eigenvalue weighted by molar-refractivity contribution is 5.85. The van der Waals surface area contributed by atoms with E-state index in [9.17, 15) is 5.11 Å². The van der Waals surface area contributed by atoms with E-state index in [4.69, 9.17) is 21.7 Å². The van der Waals surface area contributed by atoms with Crippen LogP contribution in [0.1, 0.15) is 37.5 Å². The topological polar surface area (TPSA) is 113 Å². The molecule has 5 nitrogen and oxygen atoms in total. The molecular formula is C16H30Cl2N2O3. The van der Waals surface area contributed by atoms with Gasteiger partial charge in [0.25, 0.3) is 0 Å². The predicted octanol–water partition coefficient (Wildman–Crippen LogP) is 1.26. The molecule has 0 bridgehead atoms. The van der Waals surface area contributed by atoms with Crippen LogP contribution in [0.5, 0.6) is 5.75 Å². The maximum Gasteiger partial charge on any atom is 0.122 e. The van der Waals surface area contributed by atoms with Gasteiger partial charge in [-0.1, -0.05) is 32.9 Å². The van der Waals surface area contributed by atoms with Crippen molar-refractivity contribution >= 4 is 24.8 Å². The fourth-order valence-electron chi connectivity index (χ4n) is 2.20. The van der Waals surface area contributed by atoms with Gasteiger partial charge in [-0.2, -0.15) is 0 Å². The first kappa shape index (κ1) is 24.7. The second-order valence-electron chi connectivity index (χ2n) is 6.69. The van der Waals surface area contributed by atoms with Crippen LogP contribution in [0.25, 0.3) is 0 Å². The number of aliphatic hydroxyl groups is 2. The smallest absolute Gasteiger partial charge is 0.122 e. The number of rotatable bonds is 6. The molecule has 136 valence electrons. The molecule has 0 fully saturated rings. The molecule has 7 heteroatoms. The monoisotopic (exact) mass is 368 g/mol. The van der Waals surface area contributed by atoms with Gasteiger partial charge >= 0.3 is 0 Å². The lowest BCUT2D eigenvalue weighted by molar-refractivity contribution is 0.263. The average molecular weight is 369 g/mol. The Balaban J connectivity index is 0. The first-order chi connectivity index (χ1) is 9.68. The Morgan fingerprint density at radius 1 is 0.913 bits per heavy atom. The maximum absolute atomic E-state index is 10.4. The predicted molar refractivity (Wildman–Crippen MR) is 98.8 cm³/mol. The third kappa shape index (κ3) is 7.25. The number of phenols is 1. The van der Waals surface area contributed by atoms with Crippen molar-refractivity contribution in [2.24, 2.45) is 11.5 Å². The highest BCUT2D eigenvalue weighted by Crippen LogP contribution is 2.32. The fraction of sp³-hybridized carbons (Fsp3) is 0.625. The van der Waals surface area contributed by atoms with E-state index in [2.05, 4.69) is 20.8 Å². The molecule has 0 aromatic heterocycles. The molecular weight excluding hydrogens is 339 g/mol. The molecule has 0 saturated heterocycles. The zero-order valence-electron chi connectivity index (χ0n) is 14.0. The molecule has 0 spiro atoms. The van der Waals surface area contributed by atoms with Gasteiger partial charge in [0.05, 0.1) is 13.2 Å². The molecule has 0 aliphatic carbocycles. The number of phenolic OH excluding ortho intramolecular Hbond substituents is 1. The minimum Gasteiger partial charge on any atom is -0.507 e. The Hall–Kier alpha value is -0.560. The number of aliphatic hydroxyl groups excluding tert-OH is 2. The van der Waals surface area contributed by atoms with E-state index in [1.807, 2.05) is 12.1 Å². The van der Waals surface area contributed by atoms with E-state index < -0.39 is 12.1 Å². The minimum absolute atomic E-state index is 0. The molecule has 1 aromatic rings. The molecule has 1 aromatic carbocycles. The van der Waals surface area contributed by atoms with Crippen LogP contribution in [0.4, 0.5) is 0 Å². The van der Waals surface area contributed by atoms with Gasteiger partial charge in [0, 0.05) is 12.1 Å². The van der Waals surface area contributed by atoms with Gasteiger partial charge in [0.15, 0.2) is 0 Å². The van der Waals surface area contributed by atoms with Crippen LogP contribution in [-0.2, 0) is 18.3 Å². The van der Waals surface area contributed by atoms with E-state index in [-0.39, 0.29) is 49.2 Å². The van der Waals surface area contributed by atoms with Crippen LogP contribution in [0.3, 0.4) is 0 Å². The molecule has 2 atom stereocenters. The first-order valence-electron chi connectivity index (χ1n) is 7.27. The van der Waals surface area contributed by atoms with Gasteiger partial charge in [-0.15, -0.1) is 24.8 Å². The Morgan fingerprint density at radius 2 is 1.26 bits per heavy atom. The van der Waals surface area contributed by atoms with E-state index >= 15 is 0 Å². The number of aromatic hydroxyl groups is 1. The van der Waals surface area contributed by atoms with Crippen LogP contribution in [0.15, 0.2) is 12.1 Å². The van der Waals surface area contributed by atoms with Crippen molar-refractivity contribution in [3.8, 4) is 5.75 Å². The molecule has 0 amide bonds. The summed E-state index contributed by atoms with van der Waals surface area (Å²) in [7, 11) is 0. The van der Waals surface area contributed by atoms with Crippen LogP contribution < -0.4 is 11.5 Å². The Kier molecular flexibility index (Phi) is 11.1. The van der Waals surface area contributed by atoms with Crippen molar-refractivity contribution in [3.05, 3.63) is 28.8 Å². The van der Waals surface area contributed by atoms with E-state index in [0.29, 0.717) is 24.0 Å². The summed E-state index contributed by atoms with van der Waals surface area (Å²) >= 11 is 0. The summed E-state index contributed by atoms with van der Waals surface area (Å²) in [6.45, 7) is 6.00. The van der Waals surface area contributed by atoms with Crippen LogP contribution in [-0.4, -0.2) is 40.6 Å². The maximum atomic E-state index is 10.4. The van der Waals surface area contributed by atoms with Crippen LogP contribution >= 0.6 is 24.8 Å². The standard InChI is InChI=1S/C16H28N2O3.2ClH/c1-16(2,3)12-4-10(6-13(17)8-19)15(21)11(5-12)7-14(18)9-20;;/h4-5,13-14,19-21H,6-9,17-18H2,1-3H3;2*1H. The third-order valence-electron chi connectivity index (χ3n) is 3.57. The lowest BCUT2D eigenvalue weighted by atomic mass is 9.83. The number of hydrogen-bond acceptors (Lipinski definition) is 5. The summed E-state index contributed by atoms with van der Waals surface area (Å²) in [4.78, 5) is 0. The fourth-order valence-corrected chi connectivity index (χ4v) is 2.20. The molecule has 2 unspecified atom stereocenters. The summed E-state index contributed by atoms with van der Waals surface area (Å²) in [5.41, 5.74) is 14.0. The molecule has 0 aliphatic heterocycles. The van der Waals surface area contributed by atoms with Gasteiger partial charge in [-0.05, 0) is 34.9 Å². The van der Waals surface area contributed by atoms with Crippen molar-refractivity contribution < 1.29 is 15.3 Å². The van der Waals surface area contributed by atoms with Crippen molar-refractivity contribution in [1.82, 2.24) is 0 Å². The number of nitrogens with two attached hydrogens (primary N) is 2. The molecule has 0 saturated carbocycles. The second kappa shape index (κ2) is 10.3. The third-order valence-corrected chi connectivity index (χ3v) is 3.57. The summed E-state index contributed by atoms with van der Waals surface area (Å²) in [6, 6.07) is 3.04. The highest BCUT2D eigenvalue weighted by Gasteiger charge is 2.20. The Morgan fingerprint density at radius 3 is 1.52 bits per heavy atom. The molecule has 23 heavy (non-hydrogen) atoms. The van der Waals surface area contributed by atoms with Crippen molar-refractivity contribution in [1.29, 1.82) is 0 Å². The van der Waals surface area contributed by atoms with Crippen molar-refractivity contribution in [2.75, 3.05) is 13.2 Å². The SMILES string of the molecule is CC(C)(C)c1cc(CC(N)CO)c(O)c(CC(N)CO)c1.Cl.Cl. The quantitative estimate of drug-likeness (QED) is 0.518. The zero-order valence-corrected chi connectivity index (χ0v) is 15.6. The molecule has 0 radical (unpaired) electrons. The second-order valence-corrected chi connectivity index (χ2v) is 6.69. The Bertz CT molecular complexity index is 446. The minimum atomic E-state index is -0.412. The number of benzene rings is 1.